The number of ketones is 1. The molecule has 0 amide bonds. The first kappa shape index (κ1) is 12.8. The van der Waals surface area contributed by atoms with Gasteiger partial charge in [-0.1, -0.05) is 19.6 Å². The Bertz CT molecular complexity index is 149. The SMILES string of the molecule is CC(=O)CCCOCC[Si](C)(C)C. The van der Waals surface area contributed by atoms with E-state index in [9.17, 15) is 4.79 Å². The van der Waals surface area contributed by atoms with E-state index in [0.717, 1.165) is 19.6 Å². The number of carbonyl (C=O) groups is 1. The van der Waals surface area contributed by atoms with Gasteiger partial charge >= 0.3 is 0 Å². The fourth-order valence-corrected chi connectivity index (χ4v) is 1.66. The first-order valence-corrected chi connectivity index (χ1v) is 8.70. The predicted molar refractivity (Wildman–Crippen MR) is 58.9 cm³/mol. The van der Waals surface area contributed by atoms with E-state index in [1.807, 2.05) is 0 Å². The number of Topliss-reactive ketones (excluding diaryl/α,β-unsaturated/α-hetero) is 1. The molecule has 0 rings (SSSR count). The van der Waals surface area contributed by atoms with Gasteiger partial charge in [0, 0.05) is 27.7 Å². The van der Waals surface area contributed by atoms with E-state index < -0.39 is 8.07 Å². The lowest BCUT2D eigenvalue weighted by atomic mass is 10.2. The van der Waals surface area contributed by atoms with Gasteiger partial charge in [0.25, 0.3) is 0 Å². The van der Waals surface area contributed by atoms with Crippen molar-refractivity contribution in [3.8, 4) is 0 Å². The van der Waals surface area contributed by atoms with Crippen molar-refractivity contribution in [1.29, 1.82) is 0 Å². The van der Waals surface area contributed by atoms with Crippen LogP contribution in [0.5, 0.6) is 0 Å². The van der Waals surface area contributed by atoms with E-state index in [0.29, 0.717) is 6.42 Å². The Morgan fingerprint density at radius 2 is 1.85 bits per heavy atom. The van der Waals surface area contributed by atoms with Crippen molar-refractivity contribution >= 4 is 13.9 Å². The summed E-state index contributed by atoms with van der Waals surface area (Å²) in [5.74, 6) is 0.258. The van der Waals surface area contributed by atoms with Crippen molar-refractivity contribution in [2.24, 2.45) is 0 Å². The Hall–Kier alpha value is -0.153. The molecular weight excluding hydrogens is 180 g/mol. The lowest BCUT2D eigenvalue weighted by Crippen LogP contribution is -2.21. The second kappa shape index (κ2) is 6.32. The second-order valence-corrected chi connectivity index (χ2v) is 10.3. The van der Waals surface area contributed by atoms with Crippen LogP contribution in [-0.4, -0.2) is 27.1 Å². The maximum absolute atomic E-state index is 10.6. The summed E-state index contributed by atoms with van der Waals surface area (Å²) < 4.78 is 5.44. The molecule has 2 nitrogen and oxygen atoms in total. The Kier molecular flexibility index (Phi) is 6.25. The highest BCUT2D eigenvalue weighted by atomic mass is 28.3. The minimum Gasteiger partial charge on any atom is -0.382 e. The van der Waals surface area contributed by atoms with Crippen LogP contribution >= 0.6 is 0 Å². The van der Waals surface area contributed by atoms with E-state index in [4.69, 9.17) is 4.74 Å². The quantitative estimate of drug-likeness (QED) is 0.469. The van der Waals surface area contributed by atoms with Gasteiger partial charge in [0.05, 0.1) is 0 Å². The van der Waals surface area contributed by atoms with Gasteiger partial charge in [-0.05, 0) is 19.4 Å². The molecule has 0 saturated carbocycles. The van der Waals surface area contributed by atoms with Crippen molar-refractivity contribution in [3.05, 3.63) is 0 Å². The number of carbonyl (C=O) groups excluding carboxylic acids is 1. The molecule has 0 atom stereocenters. The van der Waals surface area contributed by atoms with Gasteiger partial charge in [-0.2, -0.15) is 0 Å². The molecule has 0 fully saturated rings. The standard InChI is InChI=1S/C10H22O2Si/c1-10(11)6-5-7-12-8-9-13(2,3)4/h5-9H2,1-4H3. The highest BCUT2D eigenvalue weighted by Crippen LogP contribution is 2.07. The van der Waals surface area contributed by atoms with Crippen molar-refractivity contribution < 1.29 is 9.53 Å². The molecule has 0 saturated heterocycles. The number of hydrogen-bond donors (Lipinski definition) is 0. The molecular formula is C10H22O2Si. The smallest absolute Gasteiger partial charge is 0.129 e. The molecule has 3 heteroatoms. The Morgan fingerprint density at radius 1 is 1.23 bits per heavy atom. The van der Waals surface area contributed by atoms with Crippen LogP contribution in [0.1, 0.15) is 19.8 Å². The van der Waals surface area contributed by atoms with Crippen LogP contribution in [0.15, 0.2) is 0 Å². The fraction of sp³-hybridized carbons (Fsp3) is 0.900. The molecule has 0 aromatic rings. The van der Waals surface area contributed by atoms with Gasteiger partial charge in [0.2, 0.25) is 0 Å². The zero-order valence-electron chi connectivity index (χ0n) is 9.35. The Balaban J connectivity index is 3.13. The molecule has 0 heterocycles. The van der Waals surface area contributed by atoms with Crippen LogP contribution < -0.4 is 0 Å². The van der Waals surface area contributed by atoms with Gasteiger partial charge in [0.15, 0.2) is 0 Å². The predicted octanol–water partition coefficient (Wildman–Crippen LogP) is 2.71. The second-order valence-electron chi connectivity index (χ2n) is 4.73. The Morgan fingerprint density at radius 3 is 2.31 bits per heavy atom. The third-order valence-electron chi connectivity index (χ3n) is 1.81. The Labute approximate surface area is 82.7 Å². The van der Waals surface area contributed by atoms with Gasteiger partial charge in [-0.25, -0.2) is 0 Å². The monoisotopic (exact) mass is 202 g/mol. The van der Waals surface area contributed by atoms with E-state index in [1.54, 1.807) is 6.92 Å². The zero-order valence-corrected chi connectivity index (χ0v) is 10.4. The summed E-state index contributed by atoms with van der Waals surface area (Å²) in [7, 11) is -0.931. The summed E-state index contributed by atoms with van der Waals surface area (Å²) in [6.45, 7) is 10.3. The number of ether oxygens (including phenoxy) is 1. The molecule has 0 aliphatic heterocycles. The van der Waals surface area contributed by atoms with E-state index in [1.165, 1.54) is 6.04 Å². The van der Waals surface area contributed by atoms with Crippen LogP contribution in [0.25, 0.3) is 0 Å². The maximum Gasteiger partial charge on any atom is 0.129 e. The lowest BCUT2D eigenvalue weighted by molar-refractivity contribution is -0.117. The van der Waals surface area contributed by atoms with Gasteiger partial charge < -0.3 is 9.53 Å². The van der Waals surface area contributed by atoms with Crippen molar-refractivity contribution in [1.82, 2.24) is 0 Å². The van der Waals surface area contributed by atoms with Crippen molar-refractivity contribution in [3.63, 3.8) is 0 Å². The number of rotatable bonds is 7. The van der Waals surface area contributed by atoms with Crippen LogP contribution in [-0.2, 0) is 9.53 Å². The number of hydrogen-bond acceptors (Lipinski definition) is 2. The zero-order chi connectivity index (χ0) is 10.3. The van der Waals surface area contributed by atoms with Crippen molar-refractivity contribution in [2.45, 2.75) is 45.5 Å². The average Bonchev–Trinajstić information content (AvgIpc) is 1.93. The van der Waals surface area contributed by atoms with Crippen LogP contribution in [0.4, 0.5) is 0 Å². The summed E-state index contributed by atoms with van der Waals surface area (Å²) in [4.78, 5) is 10.6. The molecule has 0 bridgehead atoms. The molecule has 0 spiro atoms. The summed E-state index contributed by atoms with van der Waals surface area (Å²) in [5, 5.41) is 0. The van der Waals surface area contributed by atoms with E-state index in [-0.39, 0.29) is 5.78 Å². The molecule has 0 radical (unpaired) electrons. The molecule has 0 N–H and O–H groups in total. The van der Waals surface area contributed by atoms with Gasteiger partial charge in [-0.3, -0.25) is 0 Å². The first-order chi connectivity index (χ1) is 5.92. The summed E-state index contributed by atoms with van der Waals surface area (Å²) >= 11 is 0. The van der Waals surface area contributed by atoms with E-state index in [2.05, 4.69) is 19.6 Å². The highest BCUT2D eigenvalue weighted by Gasteiger charge is 2.11. The molecule has 0 aromatic carbocycles. The fourth-order valence-electron chi connectivity index (χ4n) is 0.904. The summed E-state index contributed by atoms with van der Waals surface area (Å²) in [6, 6.07) is 1.22. The molecule has 13 heavy (non-hydrogen) atoms. The third kappa shape index (κ3) is 11.8. The van der Waals surface area contributed by atoms with E-state index >= 15 is 0 Å². The maximum atomic E-state index is 10.6. The van der Waals surface area contributed by atoms with Crippen LogP contribution in [0.2, 0.25) is 25.7 Å². The molecule has 0 unspecified atom stereocenters. The van der Waals surface area contributed by atoms with Crippen LogP contribution in [0, 0.1) is 0 Å². The normalized spacial score (nSPS) is 11.7. The largest absolute Gasteiger partial charge is 0.382 e. The van der Waals surface area contributed by atoms with Crippen LogP contribution in [0.3, 0.4) is 0 Å². The molecule has 0 aromatic heterocycles. The topological polar surface area (TPSA) is 26.3 Å². The van der Waals surface area contributed by atoms with Crippen molar-refractivity contribution in [2.75, 3.05) is 13.2 Å². The first-order valence-electron chi connectivity index (χ1n) is 4.99. The average molecular weight is 202 g/mol. The molecule has 0 aliphatic carbocycles. The van der Waals surface area contributed by atoms with Gasteiger partial charge in [-0.15, -0.1) is 0 Å². The third-order valence-corrected chi connectivity index (χ3v) is 3.52. The minimum atomic E-state index is -0.931. The van der Waals surface area contributed by atoms with Gasteiger partial charge in [0.1, 0.15) is 5.78 Å². The minimum absolute atomic E-state index is 0.258. The summed E-state index contributed by atoms with van der Waals surface area (Å²) in [5.41, 5.74) is 0. The summed E-state index contributed by atoms with van der Waals surface area (Å²) in [6.07, 6.45) is 1.54. The highest BCUT2D eigenvalue weighted by molar-refractivity contribution is 6.76. The lowest BCUT2D eigenvalue weighted by Gasteiger charge is -2.15. The molecule has 0 aliphatic rings. The molecule has 78 valence electrons.